The Kier molecular flexibility index (Phi) is 7.15. The molecule has 0 saturated heterocycles. The van der Waals surface area contributed by atoms with Crippen LogP contribution < -0.4 is 15.9 Å². The quantitative estimate of drug-likeness (QED) is 0.164. The number of fused-ring (bicyclic) bond motifs is 11. The second kappa shape index (κ2) is 12.5. The van der Waals surface area contributed by atoms with Gasteiger partial charge >= 0.3 is 0 Å². The van der Waals surface area contributed by atoms with Crippen LogP contribution in [0.3, 0.4) is 0 Å². The van der Waals surface area contributed by atoms with Crippen molar-refractivity contribution >= 4 is 44.9 Å². The number of nitrogens with zero attached hydrogens (tertiary/aromatic N) is 1. The summed E-state index contributed by atoms with van der Waals surface area (Å²) in [6, 6.07) is 78.2. The highest BCUT2D eigenvalue weighted by atomic mass is 31.2. The van der Waals surface area contributed by atoms with E-state index in [1.807, 2.05) is 18.2 Å². The summed E-state index contributed by atoms with van der Waals surface area (Å²) in [5.74, 6) is 0. The normalized spacial score (nSPS) is 17.5. The fraction of sp³-hybridized carbons (Fsp3) is 0.0182. The molecular formula is C55H36NOP. The van der Waals surface area contributed by atoms with Crippen LogP contribution in [0.1, 0.15) is 22.3 Å². The van der Waals surface area contributed by atoms with E-state index in [9.17, 15) is 0 Å². The molecule has 58 heavy (non-hydrogen) atoms. The second-order valence-corrected chi connectivity index (χ2v) is 18.2. The Hall–Kier alpha value is -6.99. The van der Waals surface area contributed by atoms with Crippen molar-refractivity contribution in [1.29, 1.82) is 0 Å². The van der Waals surface area contributed by atoms with E-state index in [0.29, 0.717) is 0 Å². The van der Waals surface area contributed by atoms with Gasteiger partial charge in [-0.15, -0.1) is 0 Å². The first kappa shape index (κ1) is 33.2. The summed E-state index contributed by atoms with van der Waals surface area (Å²) in [5, 5.41) is 5.08. The molecule has 2 unspecified atom stereocenters. The van der Waals surface area contributed by atoms with Gasteiger partial charge in [0.15, 0.2) is 7.14 Å². The third-order valence-electron chi connectivity index (χ3n) is 12.6. The molecule has 9 aromatic carbocycles. The van der Waals surface area contributed by atoms with Crippen molar-refractivity contribution in [3.8, 4) is 39.1 Å². The fourth-order valence-corrected chi connectivity index (χ4v) is 13.4. The highest BCUT2D eigenvalue weighted by Gasteiger charge is 2.54. The summed E-state index contributed by atoms with van der Waals surface area (Å²) in [6.45, 7) is 0. The molecule has 272 valence electrons. The number of para-hydroxylation sites is 3. The van der Waals surface area contributed by atoms with Gasteiger partial charge in [0.2, 0.25) is 0 Å². The highest BCUT2D eigenvalue weighted by molar-refractivity contribution is 7.85. The molecule has 0 bridgehead atoms. The largest absolute Gasteiger partial charge is 0.309 e. The van der Waals surface area contributed by atoms with Crippen molar-refractivity contribution in [3.63, 3.8) is 0 Å². The molecule has 3 heteroatoms. The van der Waals surface area contributed by atoms with E-state index in [-0.39, 0.29) is 0 Å². The zero-order valence-electron chi connectivity index (χ0n) is 31.6. The van der Waals surface area contributed by atoms with Gasteiger partial charge < -0.3 is 9.13 Å². The summed E-state index contributed by atoms with van der Waals surface area (Å²) >= 11 is 0. The second-order valence-electron chi connectivity index (χ2n) is 15.5. The van der Waals surface area contributed by atoms with Crippen LogP contribution in [0.2, 0.25) is 0 Å². The number of hydrogen-bond donors (Lipinski definition) is 0. The first-order valence-electron chi connectivity index (χ1n) is 20.0. The smallest absolute Gasteiger partial charge is 0.171 e. The minimum Gasteiger partial charge on any atom is -0.309 e. The molecule has 0 saturated carbocycles. The van der Waals surface area contributed by atoms with Crippen molar-refractivity contribution in [2.45, 2.75) is 5.41 Å². The van der Waals surface area contributed by atoms with E-state index in [4.69, 9.17) is 0 Å². The molecule has 10 aromatic rings. The lowest BCUT2D eigenvalue weighted by molar-refractivity contribution is 0.590. The van der Waals surface area contributed by atoms with E-state index >= 15 is 4.57 Å². The third-order valence-corrected chi connectivity index (χ3v) is 15.8. The van der Waals surface area contributed by atoms with Gasteiger partial charge in [0.05, 0.1) is 22.1 Å². The van der Waals surface area contributed by atoms with Crippen molar-refractivity contribution in [2.24, 2.45) is 0 Å². The van der Waals surface area contributed by atoms with Crippen molar-refractivity contribution in [2.75, 3.05) is 0 Å². The molecule has 0 amide bonds. The Morgan fingerprint density at radius 3 is 1.62 bits per heavy atom. The predicted octanol–water partition coefficient (Wildman–Crippen LogP) is 12.4. The SMILES string of the molecule is O=P1(c2ccccc2)c2ccccc2C2(c3ccccc3-n3c4ccccc4c4cccc2c43)c2cc(-c3cc(-c4ccccc4)cc(-c4ccccc4)c3)ccc21. The molecule has 3 heterocycles. The van der Waals surface area contributed by atoms with Gasteiger partial charge in [-0.2, -0.15) is 0 Å². The van der Waals surface area contributed by atoms with E-state index in [2.05, 4.69) is 205 Å². The van der Waals surface area contributed by atoms with Crippen LogP contribution in [0.5, 0.6) is 0 Å². The maximum Gasteiger partial charge on any atom is 0.171 e. The summed E-state index contributed by atoms with van der Waals surface area (Å²) in [4.78, 5) is 0. The Morgan fingerprint density at radius 1 is 0.362 bits per heavy atom. The zero-order valence-corrected chi connectivity index (χ0v) is 32.5. The van der Waals surface area contributed by atoms with Crippen LogP contribution in [0.15, 0.2) is 218 Å². The van der Waals surface area contributed by atoms with Crippen molar-refractivity contribution in [3.05, 3.63) is 241 Å². The summed E-state index contributed by atoms with van der Waals surface area (Å²) in [7, 11) is -3.37. The molecule has 0 fully saturated rings. The number of aromatic nitrogens is 1. The van der Waals surface area contributed by atoms with Gasteiger partial charge in [0, 0.05) is 26.7 Å². The van der Waals surface area contributed by atoms with E-state index in [1.165, 1.54) is 44.1 Å². The monoisotopic (exact) mass is 757 g/mol. The van der Waals surface area contributed by atoms with Crippen LogP contribution in [-0.2, 0) is 9.98 Å². The predicted molar refractivity (Wildman–Crippen MR) is 242 cm³/mol. The number of rotatable bonds is 4. The summed E-state index contributed by atoms with van der Waals surface area (Å²) < 4.78 is 19.0. The van der Waals surface area contributed by atoms with Gasteiger partial charge in [-0.1, -0.05) is 176 Å². The van der Waals surface area contributed by atoms with Gasteiger partial charge in [-0.05, 0) is 98.1 Å². The zero-order chi connectivity index (χ0) is 38.4. The summed E-state index contributed by atoms with van der Waals surface area (Å²) in [6.07, 6.45) is 0. The van der Waals surface area contributed by atoms with Gasteiger partial charge in [0.1, 0.15) is 0 Å². The van der Waals surface area contributed by atoms with E-state index in [1.54, 1.807) is 0 Å². The lowest BCUT2D eigenvalue weighted by atomic mass is 9.62. The van der Waals surface area contributed by atoms with Crippen LogP contribution in [-0.4, -0.2) is 4.57 Å². The van der Waals surface area contributed by atoms with Gasteiger partial charge in [-0.3, -0.25) is 0 Å². The third kappa shape index (κ3) is 4.47. The fourth-order valence-electron chi connectivity index (χ4n) is 10.2. The molecule has 1 aromatic heterocycles. The molecule has 0 N–H and O–H groups in total. The molecular weight excluding hydrogens is 722 g/mol. The highest BCUT2D eigenvalue weighted by Crippen LogP contribution is 2.61. The molecule has 12 rings (SSSR count). The Morgan fingerprint density at radius 2 is 0.897 bits per heavy atom. The number of benzene rings is 9. The van der Waals surface area contributed by atoms with Crippen LogP contribution in [0.4, 0.5) is 0 Å². The minimum atomic E-state index is -3.37. The van der Waals surface area contributed by atoms with Crippen LogP contribution in [0.25, 0.3) is 60.9 Å². The molecule has 1 spiro atoms. The minimum absolute atomic E-state index is 0.773. The molecule has 2 atom stereocenters. The summed E-state index contributed by atoms with van der Waals surface area (Å²) in [5.41, 5.74) is 14.1. The van der Waals surface area contributed by atoms with Crippen LogP contribution in [0, 0.1) is 0 Å². The lowest BCUT2D eigenvalue weighted by Gasteiger charge is -2.47. The first-order chi connectivity index (χ1) is 28.7. The van der Waals surface area contributed by atoms with Gasteiger partial charge in [0.25, 0.3) is 0 Å². The maximum absolute atomic E-state index is 16.6. The van der Waals surface area contributed by atoms with Crippen LogP contribution >= 0.6 is 7.14 Å². The average Bonchev–Trinajstić information content (AvgIpc) is 3.65. The molecule has 2 aliphatic rings. The topological polar surface area (TPSA) is 22.0 Å². The Labute approximate surface area is 337 Å². The van der Waals surface area contributed by atoms with Crippen molar-refractivity contribution in [1.82, 2.24) is 4.57 Å². The molecule has 0 aliphatic carbocycles. The van der Waals surface area contributed by atoms with Crippen molar-refractivity contribution < 1.29 is 4.57 Å². The standard InChI is InChI=1S/C55H36NOP/c57-58(43-21-8-3-9-22-43)52-30-15-12-26-47(52)55(46-25-11-14-29-51(46)56-50-28-13-10-23-44(50)45-24-16-27-48(55)54(45)56)49-36-39(31-32-53(49)58)42-34-40(37-17-4-1-5-18-37)33-41(35-42)38-19-6-2-7-20-38/h1-36H. The average molecular weight is 758 g/mol. The number of hydrogen-bond acceptors (Lipinski definition) is 1. The molecule has 2 nitrogen and oxygen atoms in total. The maximum atomic E-state index is 16.6. The van der Waals surface area contributed by atoms with Gasteiger partial charge in [-0.25, -0.2) is 0 Å². The van der Waals surface area contributed by atoms with E-state index < -0.39 is 12.6 Å². The van der Waals surface area contributed by atoms with E-state index in [0.717, 1.165) is 55.0 Å². The Balaban J connectivity index is 1.24. The lowest BCUT2D eigenvalue weighted by Crippen LogP contribution is -2.48. The molecule has 2 aliphatic heterocycles. The Bertz CT molecular complexity index is 3250. The molecule has 0 radical (unpaired) electrons. The first-order valence-corrected chi connectivity index (χ1v) is 21.7.